The zero-order valence-corrected chi connectivity index (χ0v) is 12.6. The van der Waals surface area contributed by atoms with Crippen LogP contribution in [0.4, 0.5) is 5.82 Å². The second-order valence-electron chi connectivity index (χ2n) is 4.97. The molecule has 0 radical (unpaired) electrons. The van der Waals surface area contributed by atoms with Gasteiger partial charge in [0.15, 0.2) is 10.8 Å². The van der Waals surface area contributed by atoms with Crippen LogP contribution in [-0.2, 0) is 11.3 Å². The van der Waals surface area contributed by atoms with Crippen molar-refractivity contribution in [3.63, 3.8) is 0 Å². The van der Waals surface area contributed by atoms with Crippen LogP contribution in [-0.4, -0.2) is 36.2 Å². The van der Waals surface area contributed by atoms with Gasteiger partial charge in [-0.2, -0.15) is 0 Å². The van der Waals surface area contributed by atoms with Gasteiger partial charge in [0.1, 0.15) is 0 Å². The van der Waals surface area contributed by atoms with E-state index in [1.807, 2.05) is 11.6 Å². The van der Waals surface area contributed by atoms with E-state index in [2.05, 4.69) is 23.1 Å². The molecule has 0 saturated heterocycles. The molecule has 2 heterocycles. The Morgan fingerprint density at radius 2 is 2.32 bits per heavy atom. The summed E-state index contributed by atoms with van der Waals surface area (Å²) in [5.74, 6) is 1.57. The number of hydrogen-bond acceptors (Lipinski definition) is 5. The Labute approximate surface area is 118 Å². The van der Waals surface area contributed by atoms with Gasteiger partial charge in [0.05, 0.1) is 12.3 Å². The molecule has 0 fully saturated rings. The van der Waals surface area contributed by atoms with Crippen LogP contribution in [0, 0.1) is 5.92 Å². The minimum absolute atomic E-state index is 0.495. The zero-order chi connectivity index (χ0) is 13.8. The monoisotopic (exact) mass is 282 g/mol. The van der Waals surface area contributed by atoms with Gasteiger partial charge in [0, 0.05) is 38.3 Å². The van der Waals surface area contributed by atoms with E-state index >= 15 is 0 Å². The number of rotatable bonds is 7. The maximum absolute atomic E-state index is 5.90. The Bertz CT molecular complexity index is 520. The lowest BCUT2D eigenvalue weighted by Crippen LogP contribution is -2.32. The topological polar surface area (TPSA) is 55.8 Å². The molecule has 5 nitrogen and oxygen atoms in total. The quantitative estimate of drug-likeness (QED) is 0.843. The maximum Gasteiger partial charge on any atom is 0.195 e. The Morgan fingerprint density at radius 3 is 2.95 bits per heavy atom. The molecule has 0 unspecified atom stereocenters. The fraction of sp³-hybridized carbons (Fsp3) is 0.615. The highest BCUT2D eigenvalue weighted by molar-refractivity contribution is 7.15. The number of fused-ring (bicyclic) bond motifs is 1. The number of nitrogens with two attached hydrogens (primary N) is 1. The SMILES string of the molecule is COCCN(CC(C)C)c1nc2sccn2c1CN. The summed E-state index contributed by atoms with van der Waals surface area (Å²) in [5.41, 5.74) is 6.98. The van der Waals surface area contributed by atoms with Crippen LogP contribution in [0.5, 0.6) is 0 Å². The number of methoxy groups -OCH3 is 1. The molecule has 0 bridgehead atoms. The summed E-state index contributed by atoms with van der Waals surface area (Å²) >= 11 is 1.64. The molecule has 6 heteroatoms. The van der Waals surface area contributed by atoms with E-state index in [9.17, 15) is 0 Å². The third-order valence-electron chi connectivity index (χ3n) is 2.98. The van der Waals surface area contributed by atoms with Gasteiger partial charge in [-0.05, 0) is 5.92 Å². The van der Waals surface area contributed by atoms with Gasteiger partial charge >= 0.3 is 0 Å². The van der Waals surface area contributed by atoms with Gasteiger partial charge in [-0.15, -0.1) is 11.3 Å². The standard InChI is InChI=1S/C13H22N4OS/c1-10(2)9-16(4-6-18-3)12-11(8-14)17-5-7-19-13(17)15-12/h5,7,10H,4,6,8-9,14H2,1-3H3. The molecule has 19 heavy (non-hydrogen) atoms. The number of aromatic nitrogens is 2. The molecule has 2 aromatic heterocycles. The van der Waals surface area contributed by atoms with Crippen molar-refractivity contribution in [1.82, 2.24) is 9.38 Å². The van der Waals surface area contributed by atoms with Crippen molar-refractivity contribution in [2.75, 3.05) is 31.7 Å². The summed E-state index contributed by atoms with van der Waals surface area (Å²) in [5, 5.41) is 2.03. The molecule has 2 aromatic rings. The first kappa shape index (κ1) is 14.3. The van der Waals surface area contributed by atoms with E-state index in [0.29, 0.717) is 19.1 Å². The molecule has 0 atom stereocenters. The normalized spacial score (nSPS) is 11.6. The maximum atomic E-state index is 5.90. The fourth-order valence-electron chi connectivity index (χ4n) is 2.19. The molecule has 0 aromatic carbocycles. The fourth-order valence-corrected chi connectivity index (χ4v) is 2.92. The van der Waals surface area contributed by atoms with Crippen molar-refractivity contribution >= 4 is 22.1 Å². The second-order valence-corrected chi connectivity index (χ2v) is 5.85. The zero-order valence-electron chi connectivity index (χ0n) is 11.8. The number of nitrogens with zero attached hydrogens (tertiary/aromatic N) is 3. The largest absolute Gasteiger partial charge is 0.383 e. The van der Waals surface area contributed by atoms with E-state index in [-0.39, 0.29) is 0 Å². The molecule has 0 spiro atoms. The second kappa shape index (κ2) is 6.36. The van der Waals surface area contributed by atoms with Gasteiger partial charge in [0.25, 0.3) is 0 Å². The van der Waals surface area contributed by atoms with Gasteiger partial charge < -0.3 is 15.4 Å². The first-order chi connectivity index (χ1) is 9.17. The Balaban J connectivity index is 2.33. The third-order valence-corrected chi connectivity index (χ3v) is 3.74. The Morgan fingerprint density at radius 1 is 1.53 bits per heavy atom. The van der Waals surface area contributed by atoms with Crippen LogP contribution in [0.2, 0.25) is 0 Å². The minimum Gasteiger partial charge on any atom is -0.383 e. The number of hydrogen-bond donors (Lipinski definition) is 1. The highest BCUT2D eigenvalue weighted by atomic mass is 32.1. The summed E-state index contributed by atoms with van der Waals surface area (Å²) in [4.78, 5) is 8.00. The lowest BCUT2D eigenvalue weighted by molar-refractivity contribution is 0.204. The molecular weight excluding hydrogens is 260 g/mol. The van der Waals surface area contributed by atoms with E-state index in [0.717, 1.165) is 29.6 Å². The lowest BCUT2D eigenvalue weighted by Gasteiger charge is -2.25. The van der Waals surface area contributed by atoms with Crippen LogP contribution < -0.4 is 10.6 Å². The van der Waals surface area contributed by atoms with Crippen molar-refractivity contribution in [3.8, 4) is 0 Å². The molecular formula is C13H22N4OS. The average Bonchev–Trinajstić information content (AvgIpc) is 2.93. The smallest absolute Gasteiger partial charge is 0.195 e. The summed E-state index contributed by atoms with van der Waals surface area (Å²) in [6.07, 6.45) is 2.03. The number of anilines is 1. The van der Waals surface area contributed by atoms with Gasteiger partial charge in [-0.1, -0.05) is 13.8 Å². The van der Waals surface area contributed by atoms with Crippen molar-refractivity contribution in [1.29, 1.82) is 0 Å². The van der Waals surface area contributed by atoms with E-state index in [1.165, 1.54) is 0 Å². The van der Waals surface area contributed by atoms with Crippen LogP contribution in [0.25, 0.3) is 4.96 Å². The van der Waals surface area contributed by atoms with Crippen molar-refractivity contribution in [2.45, 2.75) is 20.4 Å². The van der Waals surface area contributed by atoms with E-state index in [1.54, 1.807) is 18.4 Å². The first-order valence-electron chi connectivity index (χ1n) is 6.55. The van der Waals surface area contributed by atoms with Crippen molar-refractivity contribution in [2.24, 2.45) is 11.7 Å². The average molecular weight is 282 g/mol. The van der Waals surface area contributed by atoms with E-state index in [4.69, 9.17) is 15.5 Å². The molecule has 2 rings (SSSR count). The van der Waals surface area contributed by atoms with Gasteiger partial charge in [-0.25, -0.2) is 4.98 Å². The highest BCUT2D eigenvalue weighted by Crippen LogP contribution is 2.25. The molecule has 0 aliphatic carbocycles. The van der Waals surface area contributed by atoms with Gasteiger partial charge in [0.2, 0.25) is 0 Å². The first-order valence-corrected chi connectivity index (χ1v) is 7.43. The summed E-state index contributed by atoms with van der Waals surface area (Å²) in [7, 11) is 1.73. The molecule has 0 aliphatic rings. The summed E-state index contributed by atoms with van der Waals surface area (Å²) in [6, 6.07) is 0. The Hall–Kier alpha value is -1.11. The molecule has 2 N–H and O–H groups in total. The Kier molecular flexibility index (Phi) is 4.79. The number of thiazole rings is 1. The number of imidazole rings is 1. The van der Waals surface area contributed by atoms with Crippen LogP contribution in [0.3, 0.4) is 0 Å². The predicted molar refractivity (Wildman–Crippen MR) is 79.9 cm³/mol. The van der Waals surface area contributed by atoms with Crippen molar-refractivity contribution in [3.05, 3.63) is 17.3 Å². The van der Waals surface area contributed by atoms with Crippen LogP contribution in [0.1, 0.15) is 19.5 Å². The summed E-state index contributed by atoms with van der Waals surface area (Å²) in [6.45, 7) is 7.41. The number of ether oxygens (including phenoxy) is 1. The summed E-state index contributed by atoms with van der Waals surface area (Å²) < 4.78 is 7.28. The predicted octanol–water partition coefficient (Wildman–Crippen LogP) is 1.96. The molecule has 0 amide bonds. The van der Waals surface area contributed by atoms with Crippen LogP contribution in [0.15, 0.2) is 11.6 Å². The van der Waals surface area contributed by atoms with Crippen LogP contribution >= 0.6 is 11.3 Å². The minimum atomic E-state index is 0.495. The molecule has 0 aliphatic heterocycles. The third kappa shape index (κ3) is 3.08. The lowest BCUT2D eigenvalue weighted by atomic mass is 10.2. The van der Waals surface area contributed by atoms with E-state index < -0.39 is 0 Å². The highest BCUT2D eigenvalue weighted by Gasteiger charge is 2.18. The molecule has 0 saturated carbocycles. The molecule has 106 valence electrons. The van der Waals surface area contributed by atoms with Crippen molar-refractivity contribution < 1.29 is 4.74 Å². The van der Waals surface area contributed by atoms with Gasteiger partial charge in [-0.3, -0.25) is 4.40 Å².